The molecule has 4 nitrogen and oxygen atoms in total. The third kappa shape index (κ3) is 0.821. The van der Waals surface area contributed by atoms with Crippen molar-refractivity contribution in [2.45, 2.75) is 25.4 Å². The first-order valence-electron chi connectivity index (χ1n) is 10.2. The van der Waals surface area contributed by atoms with Gasteiger partial charge in [-0.25, -0.2) is 0 Å². The van der Waals surface area contributed by atoms with E-state index in [1.165, 1.54) is 7.11 Å². The predicted molar refractivity (Wildman–Crippen MR) is 84.7 cm³/mol. The van der Waals surface area contributed by atoms with Crippen LogP contribution in [0, 0.1) is 70.0 Å². The van der Waals surface area contributed by atoms with E-state index < -0.39 is 10.8 Å². The maximum Gasteiger partial charge on any atom is 0.314 e. The van der Waals surface area contributed by atoms with Crippen LogP contribution in [0.15, 0.2) is 12.2 Å². The minimum Gasteiger partial charge on any atom is -0.469 e. The Bertz CT molecular complexity index is 813. The lowest BCUT2D eigenvalue weighted by Crippen LogP contribution is -2.68. The third-order valence-electron chi connectivity index (χ3n) is 10.7. The molecule has 0 radical (unpaired) electrons. The van der Waals surface area contributed by atoms with Gasteiger partial charge in [-0.2, -0.15) is 0 Å². The zero-order valence-corrected chi connectivity index (χ0v) is 14.3. The Hall–Kier alpha value is -1.32. The van der Waals surface area contributed by atoms with E-state index in [0.717, 1.165) is 19.3 Å². The van der Waals surface area contributed by atoms with E-state index in [1.54, 1.807) is 0 Å². The van der Waals surface area contributed by atoms with Crippen LogP contribution in [0.5, 0.6) is 0 Å². The van der Waals surface area contributed by atoms with Crippen molar-refractivity contribution in [2.75, 3.05) is 7.11 Å². The fraction of sp³-hybridized carbons (Fsp3) is 0.810. The van der Waals surface area contributed by atoms with E-state index in [0.29, 0.717) is 59.2 Å². The highest BCUT2D eigenvalue weighted by Crippen LogP contribution is 2.98. The fourth-order valence-corrected chi connectivity index (χ4v) is 11.4. The van der Waals surface area contributed by atoms with Crippen molar-refractivity contribution in [1.82, 2.24) is 0 Å². The highest BCUT2D eigenvalue weighted by atomic mass is 16.6. The standard InChI is InChI=1S/C21H22O4/c1-24-18(22)20-14-7-3-2-4-8(7)15-12(14)13-16(20)9-5-6-10-11(9)17(13)21(15,20)19(23)25-10/h2-3,7-17H,4-6H2,1H3/t7-,8+,9-,10-,11-,12-,13-,14+,15+,16-,17-,20+,21-/m1/s1. The number of fused-ring (bicyclic) bond motifs is 1. The average molecular weight is 338 g/mol. The van der Waals surface area contributed by atoms with E-state index >= 15 is 0 Å². The smallest absolute Gasteiger partial charge is 0.314 e. The van der Waals surface area contributed by atoms with Crippen molar-refractivity contribution in [3.8, 4) is 0 Å². The summed E-state index contributed by atoms with van der Waals surface area (Å²) in [7, 11) is 1.53. The van der Waals surface area contributed by atoms with Gasteiger partial charge >= 0.3 is 11.9 Å². The lowest BCUT2D eigenvalue weighted by Gasteiger charge is -2.60. The van der Waals surface area contributed by atoms with Crippen molar-refractivity contribution in [3.63, 3.8) is 0 Å². The van der Waals surface area contributed by atoms with Gasteiger partial charge in [0, 0.05) is 5.92 Å². The minimum atomic E-state index is -0.560. The van der Waals surface area contributed by atoms with Crippen molar-refractivity contribution in [2.24, 2.45) is 70.0 Å². The van der Waals surface area contributed by atoms with Crippen LogP contribution >= 0.6 is 0 Å². The van der Waals surface area contributed by atoms with E-state index in [2.05, 4.69) is 12.2 Å². The number of allylic oxidation sites excluding steroid dienone is 2. The Balaban J connectivity index is 1.49. The molecule has 0 N–H and O–H groups in total. The average Bonchev–Trinajstić information content (AvgIpc) is 3.36. The predicted octanol–water partition coefficient (Wildman–Crippen LogP) is 2.04. The van der Waals surface area contributed by atoms with Gasteiger partial charge in [0.1, 0.15) is 6.10 Å². The van der Waals surface area contributed by atoms with Gasteiger partial charge in [-0.15, -0.1) is 0 Å². The van der Waals surface area contributed by atoms with Crippen LogP contribution in [0.2, 0.25) is 0 Å². The molecule has 25 heavy (non-hydrogen) atoms. The van der Waals surface area contributed by atoms with Crippen LogP contribution in [-0.4, -0.2) is 25.2 Å². The summed E-state index contributed by atoms with van der Waals surface area (Å²) in [6.45, 7) is 0. The Kier molecular flexibility index (Phi) is 1.72. The SMILES string of the molecule is COC(=O)[C@]12[C@@H]3[C@@H]4CC[C@H]5OC(=O)[C@@]16[C@@H]([C@@H]3[C@@H]1[C@@H]2[C@@H]2C=CC[C@@H]2[C@@H]16)[C@H]45. The highest BCUT2D eigenvalue weighted by molar-refractivity contribution is 5.95. The summed E-state index contributed by atoms with van der Waals surface area (Å²) < 4.78 is 11.6. The monoisotopic (exact) mass is 338 g/mol. The molecular weight excluding hydrogens is 316 g/mol. The molecule has 9 rings (SSSR count). The van der Waals surface area contributed by atoms with Crippen molar-refractivity contribution in [3.05, 3.63) is 12.2 Å². The molecule has 1 aliphatic heterocycles. The quantitative estimate of drug-likeness (QED) is 0.542. The molecule has 1 heterocycles. The number of esters is 2. The maximum absolute atomic E-state index is 13.6. The van der Waals surface area contributed by atoms with Gasteiger partial charge in [0.15, 0.2) is 0 Å². The van der Waals surface area contributed by atoms with Gasteiger partial charge in [0.25, 0.3) is 0 Å². The number of hydrogen-bond acceptors (Lipinski definition) is 4. The number of carbonyl (C=O) groups excluding carboxylic acids is 2. The van der Waals surface area contributed by atoms with Crippen molar-refractivity contribution < 1.29 is 19.1 Å². The number of methoxy groups -OCH3 is 1. The normalized spacial score (nSPS) is 70.4. The molecule has 130 valence electrons. The summed E-state index contributed by atoms with van der Waals surface area (Å²) in [6.07, 6.45) is 8.07. The largest absolute Gasteiger partial charge is 0.469 e. The summed E-state index contributed by atoms with van der Waals surface area (Å²) in [5.74, 6) is 4.84. The van der Waals surface area contributed by atoms with E-state index in [-0.39, 0.29) is 18.0 Å². The molecular formula is C21H22O4. The molecule has 4 heteroatoms. The molecule has 0 unspecified atom stereocenters. The summed E-state index contributed by atoms with van der Waals surface area (Å²) in [5, 5.41) is 0. The van der Waals surface area contributed by atoms with Crippen LogP contribution in [0.3, 0.4) is 0 Å². The van der Waals surface area contributed by atoms with Crippen molar-refractivity contribution >= 4 is 11.9 Å². The van der Waals surface area contributed by atoms with E-state index in [9.17, 15) is 9.59 Å². The first kappa shape index (κ1) is 12.9. The molecule has 9 aliphatic rings. The first-order valence-corrected chi connectivity index (χ1v) is 10.2. The maximum atomic E-state index is 13.6. The molecule has 1 saturated heterocycles. The van der Waals surface area contributed by atoms with Crippen LogP contribution in [0.1, 0.15) is 19.3 Å². The zero-order chi connectivity index (χ0) is 16.5. The van der Waals surface area contributed by atoms with Crippen LogP contribution in [0.4, 0.5) is 0 Å². The summed E-state index contributed by atoms with van der Waals surface area (Å²) in [4.78, 5) is 27.1. The second kappa shape index (κ2) is 3.32. The molecule has 0 aromatic carbocycles. The first-order chi connectivity index (χ1) is 12.2. The van der Waals surface area contributed by atoms with Gasteiger partial charge in [0.05, 0.1) is 17.9 Å². The Labute approximate surface area is 146 Å². The molecule has 0 aromatic rings. The Morgan fingerprint density at radius 2 is 1.96 bits per heavy atom. The summed E-state index contributed by atoms with van der Waals surface area (Å²) >= 11 is 0. The molecule has 8 fully saturated rings. The summed E-state index contributed by atoms with van der Waals surface area (Å²) in [6, 6.07) is 0. The van der Waals surface area contributed by atoms with Crippen LogP contribution in [0.25, 0.3) is 0 Å². The fourth-order valence-electron chi connectivity index (χ4n) is 11.4. The van der Waals surface area contributed by atoms with Gasteiger partial charge in [-0.3, -0.25) is 9.59 Å². The van der Waals surface area contributed by atoms with Crippen LogP contribution in [-0.2, 0) is 19.1 Å². The Morgan fingerprint density at radius 3 is 2.80 bits per heavy atom. The molecule has 8 aliphatic carbocycles. The van der Waals surface area contributed by atoms with Crippen molar-refractivity contribution in [1.29, 1.82) is 0 Å². The number of ether oxygens (including phenoxy) is 2. The Morgan fingerprint density at radius 1 is 1.12 bits per heavy atom. The second-order valence-corrected chi connectivity index (χ2v) is 10.2. The number of rotatable bonds is 1. The summed E-state index contributed by atoms with van der Waals surface area (Å²) in [5.41, 5.74) is -1.09. The lowest BCUT2D eigenvalue weighted by molar-refractivity contribution is -0.231. The van der Waals surface area contributed by atoms with E-state index in [1.807, 2.05) is 0 Å². The molecule has 13 atom stereocenters. The van der Waals surface area contributed by atoms with Gasteiger partial charge in [0.2, 0.25) is 0 Å². The second-order valence-electron chi connectivity index (χ2n) is 10.2. The lowest BCUT2D eigenvalue weighted by atomic mass is 9.43. The van der Waals surface area contributed by atoms with Crippen LogP contribution < -0.4 is 0 Å². The zero-order valence-electron chi connectivity index (χ0n) is 14.3. The topological polar surface area (TPSA) is 52.6 Å². The van der Waals surface area contributed by atoms with Gasteiger partial charge < -0.3 is 9.47 Å². The number of carbonyl (C=O) groups is 2. The molecule has 0 aromatic heterocycles. The van der Waals surface area contributed by atoms with E-state index in [4.69, 9.17) is 9.47 Å². The molecule has 0 amide bonds. The molecule has 8 bridgehead atoms. The molecule has 7 saturated carbocycles. The molecule has 1 spiro atoms. The highest BCUT2D eigenvalue weighted by Gasteiger charge is 3.02. The van der Waals surface area contributed by atoms with Gasteiger partial charge in [-0.1, -0.05) is 12.2 Å². The number of hydrogen-bond donors (Lipinski definition) is 0. The van der Waals surface area contributed by atoms with Gasteiger partial charge in [-0.05, 0) is 72.5 Å². The third-order valence-corrected chi connectivity index (χ3v) is 10.7. The minimum absolute atomic E-state index is 0.00245.